The number of rotatable bonds is 9. The zero-order chi connectivity index (χ0) is 12.6. The van der Waals surface area contributed by atoms with Crippen LogP contribution in [-0.4, -0.2) is 71.5 Å². The van der Waals surface area contributed by atoms with Crippen molar-refractivity contribution in [2.75, 3.05) is 39.4 Å². The molecule has 0 aliphatic heterocycles. The third kappa shape index (κ3) is 6.43. The van der Waals surface area contributed by atoms with Crippen molar-refractivity contribution in [3.05, 3.63) is 0 Å². The summed E-state index contributed by atoms with van der Waals surface area (Å²) in [5, 5.41) is 17.9. The van der Waals surface area contributed by atoms with Crippen LogP contribution in [0.15, 0.2) is 0 Å². The molecule has 0 rings (SSSR count). The Morgan fingerprint density at radius 2 is 1.00 bits per heavy atom. The Kier molecular flexibility index (Phi) is 8.84. The van der Waals surface area contributed by atoms with E-state index in [0.717, 1.165) is 26.2 Å². The molecule has 98 valence electrons. The van der Waals surface area contributed by atoms with Gasteiger partial charge in [-0.1, -0.05) is 0 Å². The first-order valence-corrected chi connectivity index (χ1v) is 6.22. The summed E-state index contributed by atoms with van der Waals surface area (Å²) in [6.07, 6.45) is 0. The van der Waals surface area contributed by atoms with Crippen LogP contribution in [0.1, 0.15) is 27.7 Å². The SMILES string of the molecule is CC(C)N(CCO)CCN(CCO)C(C)C. The first-order valence-electron chi connectivity index (χ1n) is 6.22. The minimum Gasteiger partial charge on any atom is -0.395 e. The van der Waals surface area contributed by atoms with E-state index >= 15 is 0 Å². The molecule has 0 aromatic heterocycles. The average molecular weight is 232 g/mol. The highest BCUT2D eigenvalue weighted by molar-refractivity contribution is 4.68. The van der Waals surface area contributed by atoms with Gasteiger partial charge in [0.2, 0.25) is 0 Å². The Morgan fingerprint density at radius 1 is 0.688 bits per heavy atom. The molecule has 0 heterocycles. The van der Waals surface area contributed by atoms with Crippen LogP contribution in [-0.2, 0) is 0 Å². The molecule has 0 radical (unpaired) electrons. The molecule has 0 aliphatic carbocycles. The molecule has 0 atom stereocenters. The number of hydrogen-bond donors (Lipinski definition) is 2. The van der Waals surface area contributed by atoms with Gasteiger partial charge in [-0.05, 0) is 27.7 Å². The Morgan fingerprint density at radius 3 is 1.19 bits per heavy atom. The topological polar surface area (TPSA) is 46.9 Å². The van der Waals surface area contributed by atoms with Crippen LogP contribution < -0.4 is 0 Å². The van der Waals surface area contributed by atoms with Crippen LogP contribution in [0.25, 0.3) is 0 Å². The fourth-order valence-corrected chi connectivity index (χ4v) is 1.77. The van der Waals surface area contributed by atoms with Gasteiger partial charge in [0, 0.05) is 38.3 Å². The fourth-order valence-electron chi connectivity index (χ4n) is 1.77. The van der Waals surface area contributed by atoms with Crippen molar-refractivity contribution in [1.29, 1.82) is 0 Å². The summed E-state index contributed by atoms with van der Waals surface area (Å²) in [7, 11) is 0. The zero-order valence-corrected chi connectivity index (χ0v) is 11.2. The van der Waals surface area contributed by atoms with Crippen molar-refractivity contribution in [3.8, 4) is 0 Å². The maximum absolute atomic E-state index is 8.97. The zero-order valence-electron chi connectivity index (χ0n) is 11.2. The standard InChI is InChI=1S/C12H28N2O2/c1-11(2)13(7-9-15)5-6-14(8-10-16)12(3)4/h11-12,15-16H,5-10H2,1-4H3. The van der Waals surface area contributed by atoms with Crippen molar-refractivity contribution >= 4 is 0 Å². The Labute approximate surface area is 99.9 Å². The molecule has 0 aromatic carbocycles. The smallest absolute Gasteiger partial charge is 0.0558 e. The minimum atomic E-state index is 0.208. The molecule has 0 saturated heterocycles. The molecule has 4 heteroatoms. The summed E-state index contributed by atoms with van der Waals surface area (Å²) < 4.78 is 0. The molecule has 0 fully saturated rings. The van der Waals surface area contributed by atoms with Crippen molar-refractivity contribution < 1.29 is 10.2 Å². The van der Waals surface area contributed by atoms with Gasteiger partial charge in [0.15, 0.2) is 0 Å². The molecule has 0 spiro atoms. The molecule has 0 bridgehead atoms. The van der Waals surface area contributed by atoms with Crippen molar-refractivity contribution in [3.63, 3.8) is 0 Å². The van der Waals surface area contributed by atoms with Crippen LogP contribution in [0.2, 0.25) is 0 Å². The second-order valence-corrected chi connectivity index (χ2v) is 4.71. The number of hydrogen-bond acceptors (Lipinski definition) is 4. The maximum Gasteiger partial charge on any atom is 0.0558 e. The van der Waals surface area contributed by atoms with E-state index in [1.807, 2.05) is 0 Å². The normalized spacial score (nSPS) is 12.4. The monoisotopic (exact) mass is 232 g/mol. The van der Waals surface area contributed by atoms with Gasteiger partial charge in [-0.3, -0.25) is 9.80 Å². The third-order valence-electron chi connectivity index (χ3n) is 2.91. The maximum atomic E-state index is 8.97. The lowest BCUT2D eigenvalue weighted by Crippen LogP contribution is -2.43. The van der Waals surface area contributed by atoms with Gasteiger partial charge in [0.1, 0.15) is 0 Å². The number of aliphatic hydroxyl groups is 2. The van der Waals surface area contributed by atoms with E-state index in [1.165, 1.54) is 0 Å². The van der Waals surface area contributed by atoms with E-state index in [2.05, 4.69) is 37.5 Å². The van der Waals surface area contributed by atoms with Gasteiger partial charge in [-0.25, -0.2) is 0 Å². The Bertz CT molecular complexity index is 145. The van der Waals surface area contributed by atoms with Gasteiger partial charge in [-0.15, -0.1) is 0 Å². The summed E-state index contributed by atoms with van der Waals surface area (Å²) >= 11 is 0. The van der Waals surface area contributed by atoms with E-state index < -0.39 is 0 Å². The lowest BCUT2D eigenvalue weighted by atomic mass is 10.2. The molecule has 0 aliphatic rings. The molecular weight excluding hydrogens is 204 g/mol. The Hall–Kier alpha value is -0.160. The lowest BCUT2D eigenvalue weighted by Gasteiger charge is -2.31. The van der Waals surface area contributed by atoms with E-state index in [0.29, 0.717) is 12.1 Å². The Balaban J connectivity index is 4.04. The predicted molar refractivity (Wildman–Crippen MR) is 67.6 cm³/mol. The lowest BCUT2D eigenvalue weighted by molar-refractivity contribution is 0.117. The van der Waals surface area contributed by atoms with Gasteiger partial charge >= 0.3 is 0 Å². The van der Waals surface area contributed by atoms with Crippen molar-refractivity contribution in [2.24, 2.45) is 0 Å². The second-order valence-electron chi connectivity index (χ2n) is 4.71. The number of aliphatic hydroxyl groups excluding tert-OH is 2. The molecule has 0 aromatic rings. The van der Waals surface area contributed by atoms with Gasteiger partial charge < -0.3 is 10.2 Å². The van der Waals surface area contributed by atoms with Crippen LogP contribution >= 0.6 is 0 Å². The van der Waals surface area contributed by atoms with Gasteiger partial charge in [0.25, 0.3) is 0 Å². The van der Waals surface area contributed by atoms with Crippen LogP contribution in [0, 0.1) is 0 Å². The highest BCUT2D eigenvalue weighted by atomic mass is 16.3. The average Bonchev–Trinajstić information content (AvgIpc) is 2.21. The van der Waals surface area contributed by atoms with Crippen LogP contribution in [0.3, 0.4) is 0 Å². The summed E-state index contributed by atoms with van der Waals surface area (Å²) in [6.45, 7) is 12.3. The van der Waals surface area contributed by atoms with E-state index in [1.54, 1.807) is 0 Å². The molecule has 0 unspecified atom stereocenters. The number of nitrogens with zero attached hydrogens (tertiary/aromatic N) is 2. The predicted octanol–water partition coefficient (Wildman–Crippen LogP) is 0.392. The highest BCUT2D eigenvalue weighted by Gasteiger charge is 2.13. The van der Waals surface area contributed by atoms with Crippen molar-refractivity contribution in [2.45, 2.75) is 39.8 Å². The van der Waals surface area contributed by atoms with Crippen LogP contribution in [0.5, 0.6) is 0 Å². The highest BCUT2D eigenvalue weighted by Crippen LogP contribution is 2.01. The quantitative estimate of drug-likeness (QED) is 0.604. The summed E-state index contributed by atoms with van der Waals surface area (Å²) in [4.78, 5) is 4.51. The van der Waals surface area contributed by atoms with E-state index in [9.17, 15) is 0 Å². The van der Waals surface area contributed by atoms with Crippen LogP contribution in [0.4, 0.5) is 0 Å². The largest absolute Gasteiger partial charge is 0.395 e. The minimum absolute atomic E-state index is 0.208. The summed E-state index contributed by atoms with van der Waals surface area (Å²) in [6, 6.07) is 0.908. The summed E-state index contributed by atoms with van der Waals surface area (Å²) in [5.74, 6) is 0. The fraction of sp³-hybridized carbons (Fsp3) is 1.00. The molecular formula is C12H28N2O2. The van der Waals surface area contributed by atoms with Crippen molar-refractivity contribution in [1.82, 2.24) is 9.80 Å². The first kappa shape index (κ1) is 15.8. The summed E-state index contributed by atoms with van der Waals surface area (Å²) in [5.41, 5.74) is 0. The van der Waals surface area contributed by atoms with E-state index in [4.69, 9.17) is 10.2 Å². The second kappa shape index (κ2) is 8.93. The molecule has 16 heavy (non-hydrogen) atoms. The first-order chi connectivity index (χ1) is 7.52. The van der Waals surface area contributed by atoms with Gasteiger partial charge in [-0.2, -0.15) is 0 Å². The van der Waals surface area contributed by atoms with E-state index in [-0.39, 0.29) is 13.2 Å². The molecule has 4 nitrogen and oxygen atoms in total. The molecule has 0 amide bonds. The third-order valence-corrected chi connectivity index (χ3v) is 2.91. The molecule has 2 N–H and O–H groups in total. The molecule has 0 saturated carbocycles. The van der Waals surface area contributed by atoms with Gasteiger partial charge in [0.05, 0.1) is 13.2 Å².